The standard InChI is InChI=1S/C25H27NO5/c1-3-29-25(27)24-23(16-8-9-20-15(12-16)10-11-30-20)18-13-21(28-2)22(14-19(18)26-24)31-17-6-4-5-7-17/h8-9,12-14,17,26H,3-7,10-11H2,1-2H3. The molecule has 1 N–H and O–H groups in total. The summed E-state index contributed by atoms with van der Waals surface area (Å²) in [5, 5.41) is 0.901. The number of methoxy groups -OCH3 is 1. The fourth-order valence-electron chi connectivity index (χ4n) is 4.64. The highest BCUT2D eigenvalue weighted by molar-refractivity contribution is 6.09. The van der Waals surface area contributed by atoms with Gasteiger partial charge >= 0.3 is 5.97 Å². The van der Waals surface area contributed by atoms with Gasteiger partial charge in [-0.1, -0.05) is 6.07 Å². The van der Waals surface area contributed by atoms with Crippen LogP contribution in [0.2, 0.25) is 0 Å². The number of H-pyrrole nitrogens is 1. The lowest BCUT2D eigenvalue weighted by Crippen LogP contribution is -2.11. The van der Waals surface area contributed by atoms with Crippen molar-refractivity contribution in [2.75, 3.05) is 20.3 Å². The lowest BCUT2D eigenvalue weighted by Gasteiger charge is -2.16. The van der Waals surface area contributed by atoms with E-state index in [2.05, 4.69) is 11.1 Å². The Kier molecular flexibility index (Phi) is 5.22. The molecule has 162 valence electrons. The van der Waals surface area contributed by atoms with Crippen LogP contribution in [0.4, 0.5) is 0 Å². The van der Waals surface area contributed by atoms with Crippen molar-refractivity contribution in [2.45, 2.75) is 45.1 Å². The van der Waals surface area contributed by atoms with Gasteiger partial charge in [-0.05, 0) is 61.9 Å². The highest BCUT2D eigenvalue weighted by Crippen LogP contribution is 2.42. The summed E-state index contributed by atoms with van der Waals surface area (Å²) in [6.45, 7) is 2.81. The summed E-state index contributed by atoms with van der Waals surface area (Å²) in [5.41, 5.74) is 4.17. The van der Waals surface area contributed by atoms with E-state index in [1.165, 1.54) is 12.8 Å². The molecular formula is C25H27NO5. The summed E-state index contributed by atoms with van der Waals surface area (Å²) < 4.78 is 22.9. The molecule has 1 fully saturated rings. The minimum absolute atomic E-state index is 0.210. The molecule has 6 heteroatoms. The van der Waals surface area contributed by atoms with Crippen molar-refractivity contribution < 1.29 is 23.7 Å². The van der Waals surface area contributed by atoms with Gasteiger partial charge in [0.1, 0.15) is 11.4 Å². The molecule has 0 saturated heterocycles. The van der Waals surface area contributed by atoms with Crippen molar-refractivity contribution in [3.8, 4) is 28.4 Å². The van der Waals surface area contributed by atoms with E-state index in [1.807, 2.05) is 31.2 Å². The smallest absolute Gasteiger partial charge is 0.355 e. The number of benzene rings is 2. The second-order valence-electron chi connectivity index (χ2n) is 8.09. The van der Waals surface area contributed by atoms with Crippen molar-refractivity contribution in [3.63, 3.8) is 0 Å². The fraction of sp³-hybridized carbons (Fsp3) is 0.400. The van der Waals surface area contributed by atoms with Gasteiger partial charge in [0, 0.05) is 23.4 Å². The number of rotatable bonds is 6. The lowest BCUT2D eigenvalue weighted by atomic mass is 9.98. The summed E-state index contributed by atoms with van der Waals surface area (Å²) in [6.07, 6.45) is 5.57. The molecule has 0 spiro atoms. The minimum Gasteiger partial charge on any atom is -0.493 e. The molecule has 0 unspecified atom stereocenters. The Hall–Kier alpha value is -3.15. The Labute approximate surface area is 181 Å². The van der Waals surface area contributed by atoms with E-state index < -0.39 is 0 Å². The molecule has 6 nitrogen and oxygen atoms in total. The summed E-state index contributed by atoms with van der Waals surface area (Å²) >= 11 is 0. The SMILES string of the molecule is CCOC(=O)c1[nH]c2cc(OC3CCCC3)c(OC)cc2c1-c1ccc2c(c1)CCO2. The number of nitrogens with one attached hydrogen (secondary N) is 1. The number of ether oxygens (including phenoxy) is 4. The first kappa shape index (κ1) is 19.8. The highest BCUT2D eigenvalue weighted by Gasteiger charge is 2.25. The second-order valence-corrected chi connectivity index (χ2v) is 8.09. The maximum Gasteiger partial charge on any atom is 0.355 e. The zero-order valence-corrected chi connectivity index (χ0v) is 18.0. The molecule has 1 aromatic heterocycles. The molecule has 1 aliphatic heterocycles. The number of hydrogen-bond acceptors (Lipinski definition) is 5. The van der Waals surface area contributed by atoms with Crippen molar-refractivity contribution in [2.24, 2.45) is 0 Å². The molecule has 0 atom stereocenters. The van der Waals surface area contributed by atoms with Gasteiger partial charge in [0.25, 0.3) is 0 Å². The molecule has 0 radical (unpaired) electrons. The molecule has 2 heterocycles. The van der Waals surface area contributed by atoms with Gasteiger partial charge in [0.2, 0.25) is 0 Å². The third-order valence-corrected chi connectivity index (χ3v) is 6.14. The highest BCUT2D eigenvalue weighted by atomic mass is 16.5. The Morgan fingerprint density at radius 1 is 1.16 bits per heavy atom. The van der Waals surface area contributed by atoms with Crippen LogP contribution in [0.3, 0.4) is 0 Å². The number of carbonyl (C=O) groups excluding carboxylic acids is 1. The lowest BCUT2D eigenvalue weighted by molar-refractivity contribution is 0.0521. The number of hydrogen-bond donors (Lipinski definition) is 1. The van der Waals surface area contributed by atoms with Gasteiger partial charge in [-0.3, -0.25) is 0 Å². The number of aromatic amines is 1. The van der Waals surface area contributed by atoms with Gasteiger partial charge in [-0.2, -0.15) is 0 Å². The van der Waals surface area contributed by atoms with Crippen molar-refractivity contribution in [1.82, 2.24) is 4.98 Å². The van der Waals surface area contributed by atoms with E-state index in [4.69, 9.17) is 18.9 Å². The van der Waals surface area contributed by atoms with E-state index >= 15 is 0 Å². The Balaban J connectivity index is 1.66. The second kappa shape index (κ2) is 8.17. The monoisotopic (exact) mass is 421 g/mol. The summed E-state index contributed by atoms with van der Waals surface area (Å²) in [7, 11) is 1.65. The first-order chi connectivity index (χ1) is 15.2. The summed E-state index contributed by atoms with van der Waals surface area (Å²) in [6, 6.07) is 9.96. The van der Waals surface area contributed by atoms with Crippen molar-refractivity contribution >= 4 is 16.9 Å². The topological polar surface area (TPSA) is 69.8 Å². The maximum atomic E-state index is 12.8. The van der Waals surface area contributed by atoms with Crippen LogP contribution in [0.15, 0.2) is 30.3 Å². The quantitative estimate of drug-likeness (QED) is 0.549. The van der Waals surface area contributed by atoms with Gasteiger partial charge < -0.3 is 23.9 Å². The van der Waals surface area contributed by atoms with Gasteiger partial charge in [-0.25, -0.2) is 4.79 Å². The third kappa shape index (κ3) is 3.60. The zero-order chi connectivity index (χ0) is 21.4. The van der Waals surface area contributed by atoms with E-state index in [0.717, 1.165) is 52.6 Å². The number of carbonyl (C=O) groups is 1. The minimum atomic E-state index is -0.373. The van der Waals surface area contributed by atoms with Crippen LogP contribution >= 0.6 is 0 Å². The molecule has 2 aliphatic rings. The normalized spacial score (nSPS) is 15.7. The van der Waals surface area contributed by atoms with Crippen molar-refractivity contribution in [3.05, 3.63) is 41.6 Å². The molecule has 5 rings (SSSR count). The van der Waals surface area contributed by atoms with E-state index in [0.29, 0.717) is 30.4 Å². The van der Waals surface area contributed by atoms with Gasteiger partial charge in [0.15, 0.2) is 11.5 Å². The third-order valence-electron chi connectivity index (χ3n) is 6.14. The number of aromatic nitrogens is 1. The molecule has 0 bridgehead atoms. The van der Waals surface area contributed by atoms with Crippen LogP contribution in [0.1, 0.15) is 48.7 Å². The fourth-order valence-corrected chi connectivity index (χ4v) is 4.64. The first-order valence-electron chi connectivity index (χ1n) is 11.0. The van der Waals surface area contributed by atoms with Crippen LogP contribution < -0.4 is 14.2 Å². The summed E-state index contributed by atoms with van der Waals surface area (Å²) in [4.78, 5) is 16.1. The maximum absolute atomic E-state index is 12.8. The van der Waals surface area contributed by atoms with Gasteiger partial charge in [-0.15, -0.1) is 0 Å². The molecule has 0 amide bonds. The van der Waals surface area contributed by atoms with Crippen LogP contribution in [0.25, 0.3) is 22.0 Å². The van der Waals surface area contributed by atoms with Crippen LogP contribution in [-0.4, -0.2) is 37.4 Å². The number of fused-ring (bicyclic) bond motifs is 2. The molecule has 2 aromatic carbocycles. The Bertz CT molecular complexity index is 1130. The molecule has 3 aromatic rings. The Morgan fingerprint density at radius 3 is 2.77 bits per heavy atom. The van der Waals surface area contributed by atoms with Gasteiger partial charge in [0.05, 0.1) is 31.9 Å². The van der Waals surface area contributed by atoms with Crippen LogP contribution in [0, 0.1) is 0 Å². The van der Waals surface area contributed by atoms with Crippen LogP contribution in [0.5, 0.6) is 17.2 Å². The molecular weight excluding hydrogens is 394 g/mol. The molecule has 31 heavy (non-hydrogen) atoms. The Morgan fingerprint density at radius 2 is 2.00 bits per heavy atom. The predicted molar refractivity (Wildman–Crippen MR) is 118 cm³/mol. The largest absolute Gasteiger partial charge is 0.493 e. The average Bonchev–Trinajstić information content (AvgIpc) is 3.52. The zero-order valence-electron chi connectivity index (χ0n) is 18.0. The summed E-state index contributed by atoms with van der Waals surface area (Å²) in [5.74, 6) is 1.90. The molecule has 1 aliphatic carbocycles. The van der Waals surface area contributed by atoms with Crippen LogP contribution in [-0.2, 0) is 11.2 Å². The van der Waals surface area contributed by atoms with E-state index in [9.17, 15) is 4.79 Å². The number of esters is 1. The first-order valence-corrected chi connectivity index (χ1v) is 11.0. The molecule has 1 saturated carbocycles. The average molecular weight is 421 g/mol. The van der Waals surface area contributed by atoms with Crippen molar-refractivity contribution in [1.29, 1.82) is 0 Å². The predicted octanol–water partition coefficient (Wildman–Crippen LogP) is 5.28. The van der Waals surface area contributed by atoms with E-state index in [1.54, 1.807) is 7.11 Å². The van der Waals surface area contributed by atoms with E-state index in [-0.39, 0.29) is 12.1 Å².